The minimum atomic E-state index is -0.359. The monoisotopic (exact) mass is 254 g/mol. The summed E-state index contributed by atoms with van der Waals surface area (Å²) in [5.41, 5.74) is 0. The van der Waals surface area contributed by atoms with Crippen LogP contribution in [0.15, 0.2) is 0 Å². The van der Waals surface area contributed by atoms with E-state index in [-0.39, 0.29) is 24.1 Å². The molecule has 2 rings (SSSR count). The lowest BCUT2D eigenvalue weighted by atomic mass is 10.0. The molecule has 3 N–H and O–H groups in total. The van der Waals surface area contributed by atoms with Gasteiger partial charge in [0.15, 0.2) is 0 Å². The van der Waals surface area contributed by atoms with Crippen molar-refractivity contribution in [2.45, 2.75) is 76.0 Å². The average Bonchev–Trinajstić information content (AvgIpc) is 2.73. The van der Waals surface area contributed by atoms with E-state index in [0.29, 0.717) is 0 Å². The highest BCUT2D eigenvalue weighted by atomic mass is 16.3. The van der Waals surface area contributed by atoms with Gasteiger partial charge in [-0.2, -0.15) is 0 Å². The van der Waals surface area contributed by atoms with E-state index in [0.717, 1.165) is 51.5 Å². The molecule has 2 fully saturated rings. The molecule has 0 radical (unpaired) electrons. The van der Waals surface area contributed by atoms with Gasteiger partial charge in [-0.1, -0.05) is 32.1 Å². The van der Waals surface area contributed by atoms with Gasteiger partial charge in [-0.25, -0.2) is 0 Å². The second-order valence-electron chi connectivity index (χ2n) is 5.68. The molecule has 0 spiro atoms. The standard InChI is InChI=1S/C14H26N2O2/c17-13-9-5-1-3-7-11(13)16-14(18)12-8-4-2-6-10-15-12/h11-13,15,17H,1-10H2,(H,16,18). The maximum absolute atomic E-state index is 12.2. The van der Waals surface area contributed by atoms with Crippen LogP contribution in [-0.4, -0.2) is 35.7 Å². The third-order valence-corrected chi connectivity index (χ3v) is 4.18. The summed E-state index contributed by atoms with van der Waals surface area (Å²) in [5.74, 6) is 0.0860. The molecule has 0 bridgehead atoms. The number of aliphatic hydroxyl groups is 1. The first-order valence-electron chi connectivity index (χ1n) is 7.49. The van der Waals surface area contributed by atoms with Crippen molar-refractivity contribution in [1.82, 2.24) is 10.6 Å². The van der Waals surface area contributed by atoms with Crippen molar-refractivity contribution >= 4 is 5.91 Å². The number of aliphatic hydroxyl groups excluding tert-OH is 1. The zero-order chi connectivity index (χ0) is 12.8. The highest BCUT2D eigenvalue weighted by molar-refractivity contribution is 5.82. The summed E-state index contributed by atoms with van der Waals surface area (Å²) in [6, 6.07) is -0.0898. The molecule has 4 nitrogen and oxygen atoms in total. The van der Waals surface area contributed by atoms with Gasteiger partial charge in [0, 0.05) is 0 Å². The largest absolute Gasteiger partial charge is 0.391 e. The fourth-order valence-corrected chi connectivity index (χ4v) is 2.99. The molecule has 18 heavy (non-hydrogen) atoms. The highest BCUT2D eigenvalue weighted by Gasteiger charge is 2.26. The Morgan fingerprint density at radius 1 is 1.00 bits per heavy atom. The van der Waals surface area contributed by atoms with Gasteiger partial charge in [0.05, 0.1) is 18.2 Å². The lowest BCUT2D eigenvalue weighted by Crippen LogP contribution is -2.50. The van der Waals surface area contributed by atoms with Gasteiger partial charge in [0.2, 0.25) is 5.91 Å². The third kappa shape index (κ3) is 3.95. The predicted molar refractivity (Wildman–Crippen MR) is 71.3 cm³/mol. The summed E-state index contributed by atoms with van der Waals surface area (Å²) in [7, 11) is 0. The first-order valence-corrected chi connectivity index (χ1v) is 7.49. The Bertz CT molecular complexity index is 263. The van der Waals surface area contributed by atoms with Gasteiger partial charge in [-0.15, -0.1) is 0 Å². The van der Waals surface area contributed by atoms with E-state index in [1.807, 2.05) is 0 Å². The number of hydrogen-bond acceptors (Lipinski definition) is 3. The summed E-state index contributed by atoms with van der Waals surface area (Å²) in [6.07, 6.45) is 9.16. The molecule has 3 atom stereocenters. The molecule has 104 valence electrons. The van der Waals surface area contributed by atoms with E-state index < -0.39 is 0 Å². The molecule has 1 aliphatic carbocycles. The van der Waals surface area contributed by atoms with Crippen LogP contribution in [0.2, 0.25) is 0 Å². The van der Waals surface area contributed by atoms with Crippen molar-refractivity contribution in [1.29, 1.82) is 0 Å². The van der Waals surface area contributed by atoms with Crippen LogP contribution in [0.1, 0.15) is 57.8 Å². The minimum Gasteiger partial charge on any atom is -0.391 e. The molecule has 3 unspecified atom stereocenters. The molecular weight excluding hydrogens is 228 g/mol. The van der Waals surface area contributed by atoms with Crippen molar-refractivity contribution in [2.75, 3.05) is 6.54 Å². The van der Waals surface area contributed by atoms with Crippen molar-refractivity contribution in [3.8, 4) is 0 Å². The Balaban J connectivity index is 1.84. The average molecular weight is 254 g/mol. The molecule has 0 aromatic heterocycles. The van der Waals surface area contributed by atoms with E-state index >= 15 is 0 Å². The van der Waals surface area contributed by atoms with E-state index in [1.54, 1.807) is 0 Å². The van der Waals surface area contributed by atoms with Gasteiger partial charge in [-0.3, -0.25) is 4.79 Å². The van der Waals surface area contributed by atoms with Crippen LogP contribution in [0.4, 0.5) is 0 Å². The van der Waals surface area contributed by atoms with E-state index in [4.69, 9.17) is 0 Å². The number of hydrogen-bond donors (Lipinski definition) is 3. The SMILES string of the molecule is O=C(NC1CCCCCC1O)C1CCCCCN1. The number of rotatable bonds is 2. The molecular formula is C14H26N2O2. The maximum Gasteiger partial charge on any atom is 0.237 e. The number of carbonyl (C=O) groups excluding carboxylic acids is 1. The predicted octanol–water partition coefficient (Wildman–Crippen LogP) is 1.33. The first-order chi connectivity index (χ1) is 8.77. The van der Waals surface area contributed by atoms with Crippen molar-refractivity contribution in [3.05, 3.63) is 0 Å². The van der Waals surface area contributed by atoms with Crippen LogP contribution in [-0.2, 0) is 4.79 Å². The zero-order valence-corrected chi connectivity index (χ0v) is 11.2. The number of nitrogens with one attached hydrogen (secondary N) is 2. The van der Waals surface area contributed by atoms with Gasteiger partial charge in [0.1, 0.15) is 0 Å². The molecule has 1 heterocycles. The lowest BCUT2D eigenvalue weighted by molar-refractivity contribution is -0.124. The summed E-state index contributed by atoms with van der Waals surface area (Å²) < 4.78 is 0. The van der Waals surface area contributed by atoms with Crippen molar-refractivity contribution in [2.24, 2.45) is 0 Å². The van der Waals surface area contributed by atoms with Crippen molar-refractivity contribution < 1.29 is 9.90 Å². The first kappa shape index (κ1) is 13.8. The van der Waals surface area contributed by atoms with E-state index in [2.05, 4.69) is 10.6 Å². The molecule has 0 aromatic rings. The maximum atomic E-state index is 12.2. The fraction of sp³-hybridized carbons (Fsp3) is 0.929. The Kier molecular flexibility index (Phi) is 5.45. The summed E-state index contributed by atoms with van der Waals surface area (Å²) >= 11 is 0. The second kappa shape index (κ2) is 7.10. The summed E-state index contributed by atoms with van der Waals surface area (Å²) in [4.78, 5) is 12.2. The number of carbonyl (C=O) groups is 1. The van der Waals surface area contributed by atoms with Crippen LogP contribution in [0.5, 0.6) is 0 Å². The topological polar surface area (TPSA) is 61.4 Å². The smallest absolute Gasteiger partial charge is 0.237 e. The third-order valence-electron chi connectivity index (χ3n) is 4.18. The zero-order valence-electron chi connectivity index (χ0n) is 11.2. The Hall–Kier alpha value is -0.610. The molecule has 1 aliphatic heterocycles. The quantitative estimate of drug-likeness (QED) is 0.652. The normalized spacial score (nSPS) is 34.4. The lowest BCUT2D eigenvalue weighted by Gasteiger charge is -2.24. The molecule has 1 saturated heterocycles. The highest BCUT2D eigenvalue weighted by Crippen LogP contribution is 2.18. The van der Waals surface area contributed by atoms with Gasteiger partial charge in [0.25, 0.3) is 0 Å². The van der Waals surface area contributed by atoms with Crippen LogP contribution in [0.25, 0.3) is 0 Å². The number of amides is 1. The molecule has 4 heteroatoms. The van der Waals surface area contributed by atoms with Gasteiger partial charge < -0.3 is 15.7 Å². The second-order valence-corrected chi connectivity index (χ2v) is 5.68. The Morgan fingerprint density at radius 2 is 1.72 bits per heavy atom. The van der Waals surface area contributed by atoms with Crippen molar-refractivity contribution in [3.63, 3.8) is 0 Å². The molecule has 1 saturated carbocycles. The molecule has 2 aliphatic rings. The van der Waals surface area contributed by atoms with Gasteiger partial charge >= 0.3 is 0 Å². The van der Waals surface area contributed by atoms with Crippen LogP contribution in [0, 0.1) is 0 Å². The van der Waals surface area contributed by atoms with Crippen LogP contribution >= 0.6 is 0 Å². The minimum absolute atomic E-state index is 0.0370. The molecule has 1 amide bonds. The van der Waals surface area contributed by atoms with Crippen LogP contribution in [0.3, 0.4) is 0 Å². The Labute approximate surface area is 110 Å². The van der Waals surface area contributed by atoms with E-state index in [9.17, 15) is 9.90 Å². The Morgan fingerprint density at radius 3 is 2.61 bits per heavy atom. The van der Waals surface area contributed by atoms with E-state index in [1.165, 1.54) is 12.8 Å². The van der Waals surface area contributed by atoms with Crippen LogP contribution < -0.4 is 10.6 Å². The fourth-order valence-electron chi connectivity index (χ4n) is 2.99. The van der Waals surface area contributed by atoms with Gasteiger partial charge in [-0.05, 0) is 32.2 Å². The molecule has 0 aromatic carbocycles. The summed E-state index contributed by atoms with van der Waals surface area (Å²) in [5, 5.41) is 16.4. The summed E-state index contributed by atoms with van der Waals surface area (Å²) in [6.45, 7) is 0.936.